The van der Waals surface area contributed by atoms with Crippen LogP contribution in [-0.4, -0.2) is 18.0 Å². The molecule has 0 fully saturated rings. The molecule has 0 aliphatic heterocycles. The first-order chi connectivity index (χ1) is 7.10. The summed E-state index contributed by atoms with van der Waals surface area (Å²) in [5.41, 5.74) is 1.32. The standard InChI is InChI=1S/C12H16O3/c1-4-5-9-6-10(8(2)13)11(14)7-12(9)15-3/h6-7,14H,4-5H2,1-3H3. The molecule has 1 rings (SSSR count). The molecule has 3 heteroatoms. The van der Waals surface area contributed by atoms with Crippen LogP contribution in [0.15, 0.2) is 12.1 Å². The van der Waals surface area contributed by atoms with E-state index in [1.54, 1.807) is 13.2 Å². The summed E-state index contributed by atoms with van der Waals surface area (Å²) in [4.78, 5) is 11.2. The average molecular weight is 208 g/mol. The summed E-state index contributed by atoms with van der Waals surface area (Å²) in [7, 11) is 1.56. The summed E-state index contributed by atoms with van der Waals surface area (Å²) in [6.07, 6.45) is 1.81. The number of carbonyl (C=O) groups is 1. The van der Waals surface area contributed by atoms with Gasteiger partial charge in [-0.05, 0) is 25.0 Å². The Bertz CT molecular complexity index is 369. The molecule has 0 bridgehead atoms. The van der Waals surface area contributed by atoms with Gasteiger partial charge in [0.1, 0.15) is 11.5 Å². The summed E-state index contributed by atoms with van der Waals surface area (Å²) in [5.74, 6) is 0.492. The fourth-order valence-corrected chi connectivity index (χ4v) is 1.55. The number of ketones is 1. The lowest BCUT2D eigenvalue weighted by molar-refractivity contribution is 0.101. The largest absolute Gasteiger partial charge is 0.507 e. The fourth-order valence-electron chi connectivity index (χ4n) is 1.55. The van der Waals surface area contributed by atoms with Crippen molar-refractivity contribution in [3.05, 3.63) is 23.3 Å². The summed E-state index contributed by atoms with van der Waals surface area (Å²) in [6.45, 7) is 3.50. The monoisotopic (exact) mass is 208 g/mol. The summed E-state index contributed by atoms with van der Waals surface area (Å²) in [5, 5.41) is 9.58. The smallest absolute Gasteiger partial charge is 0.163 e. The van der Waals surface area contributed by atoms with E-state index < -0.39 is 0 Å². The molecule has 0 unspecified atom stereocenters. The van der Waals surface area contributed by atoms with Gasteiger partial charge in [0.25, 0.3) is 0 Å². The molecule has 0 saturated heterocycles. The van der Waals surface area contributed by atoms with E-state index in [0.717, 1.165) is 18.4 Å². The third-order valence-electron chi connectivity index (χ3n) is 2.30. The van der Waals surface area contributed by atoms with E-state index in [0.29, 0.717) is 11.3 Å². The van der Waals surface area contributed by atoms with Crippen LogP contribution < -0.4 is 4.74 Å². The number of methoxy groups -OCH3 is 1. The zero-order valence-corrected chi connectivity index (χ0v) is 9.33. The second-order valence-corrected chi connectivity index (χ2v) is 3.49. The topological polar surface area (TPSA) is 46.5 Å². The zero-order valence-electron chi connectivity index (χ0n) is 9.33. The second kappa shape index (κ2) is 4.82. The van der Waals surface area contributed by atoms with Crippen LogP contribution >= 0.6 is 0 Å². The highest BCUT2D eigenvalue weighted by molar-refractivity contribution is 5.97. The van der Waals surface area contributed by atoms with Crippen molar-refractivity contribution in [3.8, 4) is 11.5 Å². The van der Waals surface area contributed by atoms with Crippen molar-refractivity contribution in [1.29, 1.82) is 0 Å². The van der Waals surface area contributed by atoms with Crippen LogP contribution in [0, 0.1) is 0 Å². The number of phenolic OH excluding ortho intramolecular Hbond substituents is 1. The van der Waals surface area contributed by atoms with E-state index in [2.05, 4.69) is 6.92 Å². The highest BCUT2D eigenvalue weighted by atomic mass is 16.5. The Labute approximate surface area is 89.7 Å². The lowest BCUT2D eigenvalue weighted by Gasteiger charge is -2.10. The van der Waals surface area contributed by atoms with Crippen molar-refractivity contribution in [1.82, 2.24) is 0 Å². The fraction of sp³-hybridized carbons (Fsp3) is 0.417. The van der Waals surface area contributed by atoms with Crippen molar-refractivity contribution in [3.63, 3.8) is 0 Å². The van der Waals surface area contributed by atoms with Crippen LogP contribution in [-0.2, 0) is 6.42 Å². The number of phenols is 1. The molecule has 1 aromatic carbocycles. The Balaban J connectivity index is 3.23. The Morgan fingerprint density at radius 1 is 1.47 bits per heavy atom. The van der Waals surface area contributed by atoms with Gasteiger partial charge in [-0.15, -0.1) is 0 Å². The van der Waals surface area contributed by atoms with E-state index in [4.69, 9.17) is 4.74 Å². The highest BCUT2D eigenvalue weighted by Crippen LogP contribution is 2.29. The lowest BCUT2D eigenvalue weighted by Crippen LogP contribution is -1.98. The summed E-state index contributed by atoms with van der Waals surface area (Å²) < 4.78 is 5.14. The molecule has 0 aliphatic carbocycles. The minimum atomic E-state index is -0.132. The Hall–Kier alpha value is -1.51. The van der Waals surface area contributed by atoms with E-state index in [1.165, 1.54) is 13.0 Å². The number of hydrogen-bond acceptors (Lipinski definition) is 3. The van der Waals surface area contributed by atoms with E-state index >= 15 is 0 Å². The molecule has 0 aliphatic rings. The van der Waals surface area contributed by atoms with Crippen LogP contribution in [0.4, 0.5) is 0 Å². The van der Waals surface area contributed by atoms with Crippen molar-refractivity contribution < 1.29 is 14.6 Å². The van der Waals surface area contributed by atoms with Gasteiger partial charge in [0.2, 0.25) is 0 Å². The minimum Gasteiger partial charge on any atom is -0.507 e. The van der Waals surface area contributed by atoms with Gasteiger partial charge in [0.05, 0.1) is 12.7 Å². The molecular weight excluding hydrogens is 192 g/mol. The molecule has 15 heavy (non-hydrogen) atoms. The molecule has 0 saturated carbocycles. The Kier molecular flexibility index (Phi) is 3.72. The van der Waals surface area contributed by atoms with Crippen molar-refractivity contribution in [2.75, 3.05) is 7.11 Å². The molecule has 3 nitrogen and oxygen atoms in total. The third-order valence-corrected chi connectivity index (χ3v) is 2.30. The molecule has 1 aromatic rings. The number of rotatable bonds is 4. The number of carbonyl (C=O) groups excluding carboxylic acids is 1. The molecule has 1 N–H and O–H groups in total. The van der Waals surface area contributed by atoms with Gasteiger partial charge in [0, 0.05) is 6.07 Å². The van der Waals surface area contributed by atoms with Gasteiger partial charge in [-0.3, -0.25) is 4.79 Å². The van der Waals surface area contributed by atoms with Crippen molar-refractivity contribution in [2.24, 2.45) is 0 Å². The van der Waals surface area contributed by atoms with E-state index in [9.17, 15) is 9.90 Å². The molecule has 0 spiro atoms. The van der Waals surface area contributed by atoms with Gasteiger partial charge in [0.15, 0.2) is 5.78 Å². The van der Waals surface area contributed by atoms with Gasteiger partial charge in [-0.1, -0.05) is 13.3 Å². The normalized spacial score (nSPS) is 10.1. The number of Topliss-reactive ketones (excluding diaryl/α,β-unsaturated/α-hetero) is 1. The molecule has 0 heterocycles. The lowest BCUT2D eigenvalue weighted by atomic mass is 10.0. The predicted molar refractivity (Wildman–Crippen MR) is 58.7 cm³/mol. The van der Waals surface area contributed by atoms with Crippen LogP contribution in [0.2, 0.25) is 0 Å². The predicted octanol–water partition coefficient (Wildman–Crippen LogP) is 2.56. The SMILES string of the molecule is CCCc1cc(C(C)=O)c(O)cc1OC. The van der Waals surface area contributed by atoms with Crippen LogP contribution in [0.1, 0.15) is 36.2 Å². The first-order valence-corrected chi connectivity index (χ1v) is 5.01. The van der Waals surface area contributed by atoms with Gasteiger partial charge >= 0.3 is 0 Å². The highest BCUT2D eigenvalue weighted by Gasteiger charge is 2.12. The van der Waals surface area contributed by atoms with Gasteiger partial charge < -0.3 is 9.84 Å². The maximum absolute atomic E-state index is 11.2. The molecule has 0 amide bonds. The summed E-state index contributed by atoms with van der Waals surface area (Å²) >= 11 is 0. The van der Waals surface area contributed by atoms with Crippen LogP contribution in [0.3, 0.4) is 0 Å². The number of aromatic hydroxyl groups is 1. The number of aryl methyl sites for hydroxylation is 1. The summed E-state index contributed by atoms with van der Waals surface area (Å²) in [6, 6.07) is 3.21. The van der Waals surface area contributed by atoms with Crippen LogP contribution in [0.25, 0.3) is 0 Å². The number of benzene rings is 1. The van der Waals surface area contributed by atoms with Crippen molar-refractivity contribution in [2.45, 2.75) is 26.7 Å². The van der Waals surface area contributed by atoms with Crippen molar-refractivity contribution >= 4 is 5.78 Å². The molecule has 0 atom stereocenters. The van der Waals surface area contributed by atoms with E-state index in [1.807, 2.05) is 0 Å². The number of hydrogen-bond donors (Lipinski definition) is 1. The second-order valence-electron chi connectivity index (χ2n) is 3.49. The molecule has 82 valence electrons. The van der Waals surface area contributed by atoms with E-state index in [-0.39, 0.29) is 11.5 Å². The minimum absolute atomic E-state index is 0.0146. The number of ether oxygens (including phenoxy) is 1. The molecular formula is C12H16O3. The quantitative estimate of drug-likeness (QED) is 0.773. The van der Waals surface area contributed by atoms with Gasteiger partial charge in [-0.25, -0.2) is 0 Å². The third kappa shape index (κ3) is 2.49. The zero-order chi connectivity index (χ0) is 11.4. The Morgan fingerprint density at radius 3 is 2.60 bits per heavy atom. The Morgan fingerprint density at radius 2 is 2.13 bits per heavy atom. The molecule has 0 radical (unpaired) electrons. The first kappa shape index (κ1) is 11.6. The van der Waals surface area contributed by atoms with Crippen LogP contribution in [0.5, 0.6) is 11.5 Å². The average Bonchev–Trinajstić information content (AvgIpc) is 2.20. The maximum atomic E-state index is 11.2. The first-order valence-electron chi connectivity index (χ1n) is 5.01. The maximum Gasteiger partial charge on any atom is 0.163 e. The van der Waals surface area contributed by atoms with Gasteiger partial charge in [-0.2, -0.15) is 0 Å². The molecule has 0 aromatic heterocycles.